The molecule has 11 heteroatoms. The second-order valence-electron chi connectivity index (χ2n) is 10.0. The van der Waals surface area contributed by atoms with E-state index >= 15 is 0 Å². The number of carbonyl (C=O) groups is 1. The second-order valence-corrected chi connectivity index (χ2v) is 11.6. The number of aromatic nitrogens is 3. The fraction of sp³-hybridized carbons (Fsp3) is 0.692. The first-order valence-electron chi connectivity index (χ1n) is 13.6. The van der Waals surface area contributed by atoms with Crippen LogP contribution in [0, 0.1) is 5.92 Å². The molecule has 0 spiro atoms. The van der Waals surface area contributed by atoms with Gasteiger partial charge in [-0.3, -0.25) is 4.79 Å². The predicted molar refractivity (Wildman–Crippen MR) is 151 cm³/mol. The van der Waals surface area contributed by atoms with Crippen molar-refractivity contribution in [3.8, 4) is 0 Å². The van der Waals surface area contributed by atoms with Crippen molar-refractivity contribution in [1.29, 1.82) is 0 Å². The number of halogens is 2. The molecule has 0 radical (unpaired) electrons. The molecule has 1 heterocycles. The number of amides is 1. The van der Waals surface area contributed by atoms with Crippen molar-refractivity contribution in [3.05, 3.63) is 22.5 Å². The molecule has 4 rings (SSSR count). The van der Waals surface area contributed by atoms with Crippen LogP contribution in [0.1, 0.15) is 70.6 Å². The third-order valence-electron chi connectivity index (χ3n) is 7.33. The van der Waals surface area contributed by atoms with Crippen LogP contribution in [-0.2, 0) is 4.79 Å². The van der Waals surface area contributed by atoms with Crippen LogP contribution in [0.15, 0.2) is 22.5 Å². The normalized spacial score (nSPS) is 22.8. The highest BCUT2D eigenvalue weighted by atomic mass is 35.5. The van der Waals surface area contributed by atoms with Crippen LogP contribution in [-0.4, -0.2) is 58.0 Å². The molecule has 0 aliphatic heterocycles. The van der Waals surface area contributed by atoms with Gasteiger partial charge in [0.05, 0.1) is 0 Å². The summed E-state index contributed by atoms with van der Waals surface area (Å²) in [6.45, 7) is 0.643. The summed E-state index contributed by atoms with van der Waals surface area (Å²) in [5.74, 6) is 3.02. The third-order valence-corrected chi connectivity index (χ3v) is 8.73. The van der Waals surface area contributed by atoms with E-state index in [9.17, 15) is 9.18 Å². The fourth-order valence-electron chi connectivity index (χ4n) is 5.19. The summed E-state index contributed by atoms with van der Waals surface area (Å²) in [7, 11) is 1.70. The Balaban J connectivity index is 1.33. The van der Waals surface area contributed by atoms with E-state index in [0.717, 1.165) is 44.3 Å². The van der Waals surface area contributed by atoms with Crippen LogP contribution >= 0.6 is 23.4 Å². The third kappa shape index (κ3) is 8.46. The number of carbonyl (C=O) groups excluding carboxylic acids is 1. The molecule has 2 fully saturated rings. The quantitative estimate of drug-likeness (QED) is 0.263. The molecule has 1 amide bonds. The Morgan fingerprint density at radius 2 is 1.65 bits per heavy atom. The number of hydrogen-bond donors (Lipinski definition) is 4. The molecule has 0 aromatic carbocycles. The van der Waals surface area contributed by atoms with Crippen LogP contribution in [0.25, 0.3) is 0 Å². The molecule has 1 aromatic heterocycles. The summed E-state index contributed by atoms with van der Waals surface area (Å²) in [6, 6.07) is 0.609. The van der Waals surface area contributed by atoms with E-state index in [1.165, 1.54) is 19.3 Å². The summed E-state index contributed by atoms with van der Waals surface area (Å²) in [4.78, 5) is 25.9. The van der Waals surface area contributed by atoms with Gasteiger partial charge in [-0.2, -0.15) is 26.7 Å². The fourth-order valence-corrected chi connectivity index (χ4v) is 6.44. The minimum atomic E-state index is -0.187. The molecule has 3 aliphatic carbocycles. The number of hydrogen-bond acceptors (Lipinski definition) is 8. The molecule has 0 bridgehead atoms. The van der Waals surface area contributed by atoms with Gasteiger partial charge in [-0.1, -0.05) is 30.9 Å². The largest absolute Gasteiger partial charge is 0.359 e. The van der Waals surface area contributed by atoms with Crippen LogP contribution in [0.4, 0.5) is 22.2 Å². The summed E-state index contributed by atoms with van der Waals surface area (Å²) in [6.07, 6.45) is 12.5. The number of nitrogens with one attached hydrogen (secondary N) is 4. The predicted octanol–water partition coefficient (Wildman–Crippen LogP) is 5.62. The van der Waals surface area contributed by atoms with Gasteiger partial charge in [0.2, 0.25) is 23.8 Å². The van der Waals surface area contributed by atoms with Crippen LogP contribution in [0.3, 0.4) is 0 Å². The molecule has 1 aromatic rings. The smallest absolute Gasteiger partial charge is 0.229 e. The molecule has 0 atom stereocenters. The Hall–Kier alpha value is -2.07. The Bertz CT molecular complexity index is 978. The second kappa shape index (κ2) is 14.2. The highest BCUT2D eigenvalue weighted by Crippen LogP contribution is 2.31. The Labute approximate surface area is 228 Å². The van der Waals surface area contributed by atoms with Gasteiger partial charge in [0.25, 0.3) is 0 Å². The maximum atomic E-state index is 14.1. The Morgan fingerprint density at radius 3 is 2.30 bits per heavy atom. The highest BCUT2D eigenvalue weighted by molar-refractivity contribution is 7.99. The number of allylic oxidation sites excluding steroid dienone is 3. The molecule has 0 saturated heterocycles. The molecule has 3 aliphatic rings. The Morgan fingerprint density at radius 1 is 1.00 bits per heavy atom. The summed E-state index contributed by atoms with van der Waals surface area (Å²) in [5, 5.41) is 13.7. The maximum absolute atomic E-state index is 14.1. The molecule has 4 N–H and O–H groups in total. The van der Waals surface area contributed by atoms with Crippen molar-refractivity contribution in [1.82, 2.24) is 20.3 Å². The molecular formula is C26H39ClFN7OS. The van der Waals surface area contributed by atoms with Crippen LogP contribution in [0.5, 0.6) is 0 Å². The van der Waals surface area contributed by atoms with Gasteiger partial charge in [-0.05, 0) is 57.4 Å². The van der Waals surface area contributed by atoms with E-state index in [2.05, 4.69) is 36.2 Å². The first-order chi connectivity index (χ1) is 18.0. The van der Waals surface area contributed by atoms with Crippen molar-refractivity contribution < 1.29 is 9.18 Å². The molecule has 8 nitrogen and oxygen atoms in total. The van der Waals surface area contributed by atoms with E-state index in [1.807, 2.05) is 0 Å². The molecule has 204 valence electrons. The van der Waals surface area contributed by atoms with E-state index in [1.54, 1.807) is 24.9 Å². The Kier molecular flexibility index (Phi) is 10.7. The number of rotatable bonds is 11. The SMILES string of the molecule is CNC(=O)C1CCC(Nc2nc(NCCSCC3=C(Cl)CCC=C3F)nc(NC3CCCCC3)n2)CC1. The average Bonchev–Trinajstić information content (AvgIpc) is 2.90. The van der Waals surface area contributed by atoms with Crippen molar-refractivity contribution in [2.45, 2.75) is 82.7 Å². The van der Waals surface area contributed by atoms with Crippen molar-refractivity contribution in [2.24, 2.45) is 5.92 Å². The average molecular weight is 552 g/mol. The van der Waals surface area contributed by atoms with Gasteiger partial charge in [0.15, 0.2) is 0 Å². The van der Waals surface area contributed by atoms with E-state index in [0.29, 0.717) is 59.6 Å². The van der Waals surface area contributed by atoms with E-state index in [-0.39, 0.29) is 23.7 Å². The van der Waals surface area contributed by atoms with Gasteiger partial charge in [0.1, 0.15) is 5.83 Å². The lowest BCUT2D eigenvalue weighted by atomic mass is 9.85. The maximum Gasteiger partial charge on any atom is 0.229 e. The molecule has 37 heavy (non-hydrogen) atoms. The summed E-state index contributed by atoms with van der Waals surface area (Å²) in [5.41, 5.74) is 0.620. The van der Waals surface area contributed by atoms with Gasteiger partial charge in [0, 0.05) is 53.7 Å². The number of anilines is 3. The van der Waals surface area contributed by atoms with Gasteiger partial charge in [-0.15, -0.1) is 0 Å². The first-order valence-corrected chi connectivity index (χ1v) is 15.1. The van der Waals surface area contributed by atoms with Crippen molar-refractivity contribution in [2.75, 3.05) is 41.0 Å². The van der Waals surface area contributed by atoms with Gasteiger partial charge in [-0.25, -0.2) is 4.39 Å². The molecule has 2 saturated carbocycles. The van der Waals surface area contributed by atoms with E-state index in [4.69, 9.17) is 11.6 Å². The van der Waals surface area contributed by atoms with Gasteiger partial charge < -0.3 is 21.3 Å². The number of thioether (sulfide) groups is 1. The number of nitrogens with zero attached hydrogens (tertiary/aromatic N) is 3. The van der Waals surface area contributed by atoms with Crippen molar-refractivity contribution >= 4 is 47.1 Å². The summed E-state index contributed by atoms with van der Waals surface area (Å²) >= 11 is 7.86. The zero-order chi connectivity index (χ0) is 26.0. The van der Waals surface area contributed by atoms with E-state index < -0.39 is 0 Å². The standard InChI is InChI=1S/C26H39ClFN7OS/c1-29-23(36)17-10-12-19(13-11-17)32-26-34-24(33-25(35-26)31-18-6-3-2-4-7-18)30-14-15-37-16-20-21(27)8-5-9-22(20)28/h9,17-19H,2-8,10-16H2,1H3,(H,29,36)(H3,30,31,32,33,34,35). The van der Waals surface area contributed by atoms with Crippen LogP contribution < -0.4 is 21.3 Å². The topological polar surface area (TPSA) is 104 Å². The monoisotopic (exact) mass is 551 g/mol. The summed E-state index contributed by atoms with van der Waals surface area (Å²) < 4.78 is 14.1. The van der Waals surface area contributed by atoms with Crippen LogP contribution in [0.2, 0.25) is 0 Å². The zero-order valence-electron chi connectivity index (χ0n) is 21.6. The minimum Gasteiger partial charge on any atom is -0.359 e. The van der Waals surface area contributed by atoms with Gasteiger partial charge >= 0.3 is 0 Å². The lowest BCUT2D eigenvalue weighted by Crippen LogP contribution is -2.34. The minimum absolute atomic E-state index is 0.0860. The highest BCUT2D eigenvalue weighted by Gasteiger charge is 2.26. The molecular weight excluding hydrogens is 513 g/mol. The molecule has 0 unspecified atom stereocenters. The van der Waals surface area contributed by atoms with Crippen molar-refractivity contribution in [3.63, 3.8) is 0 Å². The zero-order valence-corrected chi connectivity index (χ0v) is 23.2. The lowest BCUT2D eigenvalue weighted by Gasteiger charge is -2.28. The first kappa shape index (κ1) is 28.0. The lowest BCUT2D eigenvalue weighted by molar-refractivity contribution is -0.125.